The minimum absolute atomic E-state index is 0. The molecule has 0 spiro atoms. The summed E-state index contributed by atoms with van der Waals surface area (Å²) in [6, 6.07) is 16.2. The highest BCUT2D eigenvalue weighted by atomic mass is 79.9. The zero-order valence-corrected chi connectivity index (χ0v) is 17.0. The van der Waals surface area contributed by atoms with Gasteiger partial charge in [0.2, 0.25) is 0 Å². The number of fused-ring (bicyclic) bond motifs is 1. The van der Waals surface area contributed by atoms with Crippen LogP contribution < -0.4 is 4.57 Å². The van der Waals surface area contributed by atoms with Crippen molar-refractivity contribution in [3.05, 3.63) is 70.6 Å². The Labute approximate surface area is 168 Å². The van der Waals surface area contributed by atoms with Crippen molar-refractivity contribution in [2.75, 3.05) is 0 Å². The normalized spacial score (nSPS) is 13.7. The number of nitrogens with zero attached hydrogens (tertiary/aromatic N) is 2. The monoisotopic (exact) mass is 437 g/mol. The molecule has 3 aromatic rings. The van der Waals surface area contributed by atoms with E-state index in [1.807, 2.05) is 24.3 Å². The number of imidazole rings is 1. The van der Waals surface area contributed by atoms with E-state index in [2.05, 4.69) is 39.6 Å². The van der Waals surface area contributed by atoms with Gasteiger partial charge < -0.3 is 0 Å². The second-order valence-corrected chi connectivity index (χ2v) is 7.13. The molecule has 1 aliphatic heterocycles. The highest BCUT2D eigenvalue weighted by molar-refractivity contribution is 8.93. The standard InChI is InChI=1S/C20H19Cl2N2.BrH/c21-16-7-5-15(6-8-16)19-14-23-13-3-1-2-4-20(23)24(19)18-11-9-17(22)10-12-18;/h5-12,14H,1-4,13H2;1H/q+1;. The van der Waals surface area contributed by atoms with Gasteiger partial charge in [-0.1, -0.05) is 23.2 Å². The van der Waals surface area contributed by atoms with Crippen LogP contribution in [0.4, 0.5) is 0 Å². The molecule has 0 amide bonds. The third kappa shape index (κ3) is 3.79. The first-order valence-electron chi connectivity index (χ1n) is 8.38. The minimum Gasteiger partial charge on any atom is -0.233 e. The van der Waals surface area contributed by atoms with Crippen LogP contribution in [0, 0.1) is 0 Å². The molecule has 0 unspecified atom stereocenters. The summed E-state index contributed by atoms with van der Waals surface area (Å²) in [5.41, 5.74) is 3.53. The van der Waals surface area contributed by atoms with Gasteiger partial charge in [-0.3, -0.25) is 0 Å². The van der Waals surface area contributed by atoms with Crippen LogP contribution in [-0.2, 0) is 13.0 Å². The smallest absolute Gasteiger partial charge is 0.233 e. The fourth-order valence-electron chi connectivity index (χ4n) is 3.44. The molecular formula is C20H20BrCl2N2+. The largest absolute Gasteiger partial charge is 0.262 e. The first-order chi connectivity index (χ1) is 11.7. The Hall–Kier alpha value is -1.29. The van der Waals surface area contributed by atoms with Gasteiger partial charge in [0.05, 0.1) is 6.54 Å². The van der Waals surface area contributed by atoms with Crippen LogP contribution in [-0.4, -0.2) is 4.57 Å². The van der Waals surface area contributed by atoms with Crippen molar-refractivity contribution < 1.29 is 4.57 Å². The van der Waals surface area contributed by atoms with E-state index >= 15 is 0 Å². The average Bonchev–Trinajstić information content (AvgIpc) is 2.79. The third-order valence-corrected chi connectivity index (χ3v) is 5.14. The lowest BCUT2D eigenvalue weighted by Gasteiger charge is -2.06. The molecule has 0 bridgehead atoms. The maximum atomic E-state index is 6.09. The van der Waals surface area contributed by atoms with E-state index in [1.165, 1.54) is 36.3 Å². The molecule has 2 nitrogen and oxygen atoms in total. The SMILES string of the molecule is Br.Clc1ccc(-c2c[n+]3c(n2-c2ccc(Cl)cc2)CCCCC3)cc1. The maximum absolute atomic E-state index is 6.09. The molecule has 4 rings (SSSR count). The predicted molar refractivity (Wildman–Crippen MR) is 109 cm³/mol. The van der Waals surface area contributed by atoms with Crippen molar-refractivity contribution in [2.45, 2.75) is 32.2 Å². The fraction of sp³-hybridized carbons (Fsp3) is 0.250. The first kappa shape index (κ1) is 18.5. The highest BCUT2D eigenvalue weighted by Crippen LogP contribution is 2.28. The topological polar surface area (TPSA) is 8.81 Å². The number of rotatable bonds is 2. The van der Waals surface area contributed by atoms with Crippen LogP contribution >= 0.6 is 40.2 Å². The van der Waals surface area contributed by atoms with E-state index < -0.39 is 0 Å². The second-order valence-electron chi connectivity index (χ2n) is 6.25. The fourth-order valence-corrected chi connectivity index (χ4v) is 3.69. The van der Waals surface area contributed by atoms with Crippen molar-refractivity contribution in [2.24, 2.45) is 0 Å². The summed E-state index contributed by atoms with van der Waals surface area (Å²) in [5, 5.41) is 1.52. The van der Waals surface area contributed by atoms with Crippen LogP contribution in [0.3, 0.4) is 0 Å². The summed E-state index contributed by atoms with van der Waals surface area (Å²) < 4.78 is 4.77. The molecule has 2 heterocycles. The summed E-state index contributed by atoms with van der Waals surface area (Å²) in [6.45, 7) is 1.08. The number of aryl methyl sites for hydroxylation is 1. The molecule has 1 aliphatic rings. The van der Waals surface area contributed by atoms with Gasteiger partial charge in [0.1, 0.15) is 11.9 Å². The van der Waals surface area contributed by atoms with Crippen LogP contribution in [0.5, 0.6) is 0 Å². The molecule has 0 fully saturated rings. The molecule has 0 saturated carbocycles. The number of aromatic nitrogens is 2. The van der Waals surface area contributed by atoms with Gasteiger partial charge in [-0.2, -0.15) is 4.57 Å². The second kappa shape index (κ2) is 7.94. The van der Waals surface area contributed by atoms with E-state index in [-0.39, 0.29) is 17.0 Å². The highest BCUT2D eigenvalue weighted by Gasteiger charge is 2.26. The van der Waals surface area contributed by atoms with Crippen LogP contribution in [0.2, 0.25) is 10.0 Å². The van der Waals surface area contributed by atoms with Crippen molar-refractivity contribution >= 4 is 40.2 Å². The van der Waals surface area contributed by atoms with E-state index in [0.717, 1.165) is 28.7 Å². The minimum atomic E-state index is 0. The van der Waals surface area contributed by atoms with E-state index in [1.54, 1.807) is 0 Å². The van der Waals surface area contributed by atoms with E-state index in [9.17, 15) is 0 Å². The van der Waals surface area contributed by atoms with E-state index in [0.29, 0.717) is 0 Å². The number of benzene rings is 2. The van der Waals surface area contributed by atoms with Crippen molar-refractivity contribution in [1.29, 1.82) is 0 Å². The quantitative estimate of drug-likeness (QED) is 0.431. The van der Waals surface area contributed by atoms with Crippen molar-refractivity contribution in [1.82, 2.24) is 4.57 Å². The van der Waals surface area contributed by atoms with Gasteiger partial charge in [-0.05, 0) is 67.8 Å². The van der Waals surface area contributed by atoms with Crippen LogP contribution in [0.15, 0.2) is 54.7 Å². The Morgan fingerprint density at radius 2 is 1.44 bits per heavy atom. The Morgan fingerprint density at radius 3 is 2.12 bits per heavy atom. The number of hydrogen-bond acceptors (Lipinski definition) is 0. The maximum Gasteiger partial charge on any atom is 0.262 e. The molecule has 0 atom stereocenters. The average molecular weight is 439 g/mol. The predicted octanol–water partition coefficient (Wildman–Crippen LogP) is 6.04. The summed E-state index contributed by atoms with van der Waals surface area (Å²) in [7, 11) is 0. The summed E-state index contributed by atoms with van der Waals surface area (Å²) in [5.74, 6) is 1.36. The zero-order valence-electron chi connectivity index (χ0n) is 13.8. The summed E-state index contributed by atoms with van der Waals surface area (Å²) in [6.07, 6.45) is 7.13. The van der Waals surface area contributed by atoms with E-state index in [4.69, 9.17) is 23.2 Å². The van der Waals surface area contributed by atoms with Crippen molar-refractivity contribution in [3.63, 3.8) is 0 Å². The Bertz CT molecular complexity index is 855. The molecule has 0 saturated heterocycles. The molecule has 5 heteroatoms. The number of hydrogen-bond donors (Lipinski definition) is 0. The van der Waals surface area contributed by atoms with Gasteiger partial charge in [-0.15, -0.1) is 17.0 Å². The molecule has 0 aliphatic carbocycles. The molecule has 0 N–H and O–H groups in total. The lowest BCUT2D eigenvalue weighted by molar-refractivity contribution is -0.702. The lowest BCUT2D eigenvalue weighted by Crippen LogP contribution is -2.35. The third-order valence-electron chi connectivity index (χ3n) is 4.63. The molecule has 25 heavy (non-hydrogen) atoms. The van der Waals surface area contributed by atoms with Gasteiger partial charge in [0, 0.05) is 22.0 Å². The Kier molecular flexibility index (Phi) is 5.88. The summed E-state index contributed by atoms with van der Waals surface area (Å²) >= 11 is 12.2. The number of halogens is 3. The van der Waals surface area contributed by atoms with Gasteiger partial charge in [0.15, 0.2) is 5.69 Å². The Balaban J connectivity index is 0.00000182. The lowest BCUT2D eigenvalue weighted by atomic mass is 10.1. The summed E-state index contributed by atoms with van der Waals surface area (Å²) in [4.78, 5) is 0. The molecule has 0 radical (unpaired) electrons. The molecular weight excluding hydrogens is 419 g/mol. The molecule has 130 valence electrons. The zero-order chi connectivity index (χ0) is 16.5. The Morgan fingerprint density at radius 1 is 0.800 bits per heavy atom. The van der Waals surface area contributed by atoms with Crippen molar-refractivity contribution in [3.8, 4) is 16.9 Å². The van der Waals surface area contributed by atoms with Crippen LogP contribution in [0.25, 0.3) is 16.9 Å². The van der Waals surface area contributed by atoms with Gasteiger partial charge >= 0.3 is 0 Å². The molecule has 2 aromatic carbocycles. The van der Waals surface area contributed by atoms with Gasteiger partial charge in [-0.25, -0.2) is 4.57 Å². The molecule has 1 aromatic heterocycles. The first-order valence-corrected chi connectivity index (χ1v) is 9.14. The van der Waals surface area contributed by atoms with Crippen LogP contribution in [0.1, 0.15) is 25.1 Å². The van der Waals surface area contributed by atoms with Gasteiger partial charge in [0.25, 0.3) is 5.82 Å².